The van der Waals surface area contributed by atoms with Crippen molar-refractivity contribution in [1.82, 2.24) is 0 Å². The van der Waals surface area contributed by atoms with Crippen LogP contribution in [0.5, 0.6) is 11.5 Å². The van der Waals surface area contributed by atoms with Crippen LogP contribution < -0.4 is 9.47 Å². The van der Waals surface area contributed by atoms with E-state index in [0.717, 1.165) is 0 Å². The smallest absolute Gasteiger partial charge is 0.335 e. The first-order valence-corrected chi connectivity index (χ1v) is 4.69. The van der Waals surface area contributed by atoms with Crippen molar-refractivity contribution >= 4 is 12.0 Å². The monoisotopic (exact) mass is 233 g/mol. The van der Waals surface area contributed by atoms with E-state index in [9.17, 15) is 4.79 Å². The number of ether oxygens (including phenoxy) is 2. The maximum atomic E-state index is 10.9. The molecule has 0 saturated carbocycles. The number of methoxy groups -OCH3 is 2. The Hall–Kier alpha value is -2.48. The van der Waals surface area contributed by atoms with Crippen LogP contribution in [0.1, 0.15) is 15.9 Å². The fourth-order valence-corrected chi connectivity index (χ4v) is 1.35. The molecule has 0 aromatic heterocycles. The number of nitriles is 1. The molecule has 0 aliphatic rings. The molecule has 5 nitrogen and oxygen atoms in total. The van der Waals surface area contributed by atoms with Gasteiger partial charge in [0.1, 0.15) is 11.5 Å². The van der Waals surface area contributed by atoms with Crippen molar-refractivity contribution in [3.8, 4) is 17.6 Å². The van der Waals surface area contributed by atoms with Crippen LogP contribution in [0.2, 0.25) is 0 Å². The number of rotatable bonds is 4. The van der Waals surface area contributed by atoms with E-state index in [1.165, 1.54) is 38.5 Å². The van der Waals surface area contributed by atoms with E-state index in [2.05, 4.69) is 0 Å². The molecule has 0 radical (unpaired) electrons. The van der Waals surface area contributed by atoms with Crippen molar-refractivity contribution in [1.29, 1.82) is 5.26 Å². The van der Waals surface area contributed by atoms with E-state index in [1.54, 1.807) is 0 Å². The van der Waals surface area contributed by atoms with Gasteiger partial charge in [-0.15, -0.1) is 0 Å². The van der Waals surface area contributed by atoms with Crippen molar-refractivity contribution in [2.75, 3.05) is 14.2 Å². The SMILES string of the molecule is COc1cc(C(=O)O)cc(OC)c1C=CC#N. The number of carboxylic acid groups (broad SMARTS) is 1. The summed E-state index contributed by atoms with van der Waals surface area (Å²) in [6.45, 7) is 0. The molecule has 0 amide bonds. The van der Waals surface area contributed by atoms with Crippen molar-refractivity contribution in [2.45, 2.75) is 0 Å². The molecule has 0 atom stereocenters. The number of carbonyl (C=O) groups is 1. The van der Waals surface area contributed by atoms with Crippen LogP contribution in [0.25, 0.3) is 6.08 Å². The second-order valence-corrected chi connectivity index (χ2v) is 3.06. The summed E-state index contributed by atoms with van der Waals surface area (Å²) in [5.41, 5.74) is 0.592. The van der Waals surface area contributed by atoms with Crippen molar-refractivity contribution in [3.63, 3.8) is 0 Å². The fourth-order valence-electron chi connectivity index (χ4n) is 1.35. The minimum Gasteiger partial charge on any atom is -0.496 e. The van der Waals surface area contributed by atoms with Crippen LogP contribution in [0.15, 0.2) is 18.2 Å². The lowest BCUT2D eigenvalue weighted by atomic mass is 10.1. The zero-order chi connectivity index (χ0) is 12.8. The Balaban J connectivity index is 3.42. The van der Waals surface area contributed by atoms with Crippen LogP contribution in [0.3, 0.4) is 0 Å². The molecule has 1 aromatic carbocycles. The zero-order valence-corrected chi connectivity index (χ0v) is 9.43. The van der Waals surface area contributed by atoms with E-state index in [1.807, 2.05) is 6.07 Å². The molecule has 17 heavy (non-hydrogen) atoms. The fraction of sp³-hybridized carbons (Fsp3) is 0.167. The third kappa shape index (κ3) is 2.75. The number of hydrogen-bond acceptors (Lipinski definition) is 4. The summed E-state index contributed by atoms with van der Waals surface area (Å²) >= 11 is 0. The Morgan fingerprint density at radius 2 is 1.88 bits per heavy atom. The zero-order valence-electron chi connectivity index (χ0n) is 9.43. The second-order valence-electron chi connectivity index (χ2n) is 3.06. The van der Waals surface area contributed by atoms with Crippen LogP contribution in [0.4, 0.5) is 0 Å². The first kappa shape index (κ1) is 12.6. The number of allylic oxidation sites excluding steroid dienone is 1. The quantitative estimate of drug-likeness (QED) is 0.804. The highest BCUT2D eigenvalue weighted by molar-refractivity contribution is 5.90. The number of aromatic carboxylic acids is 1. The van der Waals surface area contributed by atoms with Crippen molar-refractivity contribution < 1.29 is 19.4 Å². The summed E-state index contributed by atoms with van der Waals surface area (Å²) in [6.07, 6.45) is 2.77. The van der Waals surface area contributed by atoms with E-state index in [-0.39, 0.29) is 5.56 Å². The molecule has 0 heterocycles. The van der Waals surface area contributed by atoms with Crippen LogP contribution in [0, 0.1) is 11.3 Å². The Morgan fingerprint density at radius 3 is 2.24 bits per heavy atom. The summed E-state index contributed by atoms with van der Waals surface area (Å²) in [5, 5.41) is 17.4. The highest BCUT2D eigenvalue weighted by Crippen LogP contribution is 2.31. The van der Waals surface area contributed by atoms with Gasteiger partial charge in [0.2, 0.25) is 0 Å². The van der Waals surface area contributed by atoms with Gasteiger partial charge in [-0.1, -0.05) is 0 Å². The molecule has 0 saturated heterocycles. The lowest BCUT2D eigenvalue weighted by Crippen LogP contribution is -2.00. The van der Waals surface area contributed by atoms with E-state index in [4.69, 9.17) is 19.8 Å². The maximum Gasteiger partial charge on any atom is 0.335 e. The summed E-state index contributed by atoms with van der Waals surface area (Å²) in [4.78, 5) is 10.9. The van der Waals surface area contributed by atoms with Gasteiger partial charge in [0, 0.05) is 6.08 Å². The standard InChI is InChI=1S/C12H11NO4/c1-16-10-6-8(12(14)15)7-11(17-2)9(10)4-3-5-13/h3-4,6-7H,1-2H3,(H,14,15). The average Bonchev–Trinajstić information content (AvgIpc) is 2.34. The molecule has 88 valence electrons. The Labute approximate surface area is 98.5 Å². The average molecular weight is 233 g/mol. The first-order chi connectivity index (χ1) is 8.13. The summed E-state index contributed by atoms with van der Waals surface area (Å²) < 4.78 is 10.1. The van der Waals surface area contributed by atoms with Gasteiger partial charge in [0.15, 0.2) is 0 Å². The third-order valence-electron chi connectivity index (χ3n) is 2.12. The van der Waals surface area contributed by atoms with Gasteiger partial charge in [-0.2, -0.15) is 5.26 Å². The molecule has 0 bridgehead atoms. The van der Waals surface area contributed by atoms with Gasteiger partial charge in [-0.3, -0.25) is 0 Å². The van der Waals surface area contributed by atoms with Crippen molar-refractivity contribution in [3.05, 3.63) is 29.3 Å². The molecule has 1 rings (SSSR count). The predicted octanol–water partition coefficient (Wildman–Crippen LogP) is 1.94. The highest BCUT2D eigenvalue weighted by atomic mass is 16.5. The molecule has 0 aliphatic heterocycles. The van der Waals surface area contributed by atoms with E-state index >= 15 is 0 Å². The molecule has 0 unspecified atom stereocenters. The minimum atomic E-state index is -1.07. The number of carboxylic acids is 1. The van der Waals surface area contributed by atoms with Crippen LogP contribution in [-0.2, 0) is 0 Å². The van der Waals surface area contributed by atoms with Gasteiger partial charge in [0.25, 0.3) is 0 Å². The maximum absolute atomic E-state index is 10.9. The molecule has 1 aromatic rings. The molecular formula is C12H11NO4. The highest BCUT2D eigenvalue weighted by Gasteiger charge is 2.13. The minimum absolute atomic E-state index is 0.0628. The van der Waals surface area contributed by atoms with Gasteiger partial charge in [0.05, 0.1) is 31.4 Å². The predicted molar refractivity (Wildman–Crippen MR) is 61.2 cm³/mol. The number of hydrogen-bond donors (Lipinski definition) is 1. The normalized spacial score (nSPS) is 9.94. The number of nitrogens with zero attached hydrogens (tertiary/aromatic N) is 1. The summed E-state index contributed by atoms with van der Waals surface area (Å²) in [7, 11) is 2.84. The molecule has 1 N–H and O–H groups in total. The third-order valence-corrected chi connectivity index (χ3v) is 2.12. The largest absolute Gasteiger partial charge is 0.496 e. The second kappa shape index (κ2) is 5.56. The van der Waals surface area contributed by atoms with Gasteiger partial charge in [-0.05, 0) is 18.2 Å². The Kier molecular flexibility index (Phi) is 4.12. The van der Waals surface area contributed by atoms with Crippen molar-refractivity contribution in [2.24, 2.45) is 0 Å². The Morgan fingerprint density at radius 1 is 1.35 bits per heavy atom. The van der Waals surface area contributed by atoms with E-state index < -0.39 is 5.97 Å². The molecule has 5 heteroatoms. The van der Waals surface area contributed by atoms with Crippen LogP contribution in [-0.4, -0.2) is 25.3 Å². The molecule has 0 spiro atoms. The summed E-state index contributed by atoms with van der Waals surface area (Å²) in [6, 6.07) is 4.60. The van der Waals surface area contributed by atoms with E-state index in [0.29, 0.717) is 17.1 Å². The van der Waals surface area contributed by atoms with Gasteiger partial charge < -0.3 is 14.6 Å². The first-order valence-electron chi connectivity index (χ1n) is 4.69. The van der Waals surface area contributed by atoms with Gasteiger partial charge in [-0.25, -0.2) is 4.79 Å². The topological polar surface area (TPSA) is 79.6 Å². The lowest BCUT2D eigenvalue weighted by Gasteiger charge is -2.11. The molecule has 0 fully saturated rings. The lowest BCUT2D eigenvalue weighted by molar-refractivity contribution is 0.0696. The van der Waals surface area contributed by atoms with Gasteiger partial charge >= 0.3 is 5.97 Å². The number of benzene rings is 1. The van der Waals surface area contributed by atoms with Crippen LogP contribution >= 0.6 is 0 Å². The molecular weight excluding hydrogens is 222 g/mol. The summed E-state index contributed by atoms with van der Waals surface area (Å²) in [5.74, 6) is -0.390. The molecule has 0 aliphatic carbocycles. The Bertz CT molecular complexity index is 475.